The van der Waals surface area contributed by atoms with E-state index in [9.17, 15) is 19.2 Å². The van der Waals surface area contributed by atoms with Crippen LogP contribution in [0.15, 0.2) is 60.7 Å². The minimum Gasteiger partial charge on any atom is -0.454 e. The number of carbonyl (C=O) groups is 4. The predicted molar refractivity (Wildman–Crippen MR) is 107 cm³/mol. The number of urea groups is 1. The van der Waals surface area contributed by atoms with E-state index < -0.39 is 36.5 Å². The first kappa shape index (κ1) is 21.6. The first-order valence-corrected chi connectivity index (χ1v) is 9.05. The third-order valence-corrected chi connectivity index (χ3v) is 3.87. The van der Waals surface area contributed by atoms with Crippen LogP contribution in [0.3, 0.4) is 0 Å². The summed E-state index contributed by atoms with van der Waals surface area (Å²) in [6.45, 7) is 2.82. The molecule has 0 saturated heterocycles. The second-order valence-corrected chi connectivity index (χ2v) is 6.54. The summed E-state index contributed by atoms with van der Waals surface area (Å²) < 4.78 is 4.97. The van der Waals surface area contributed by atoms with E-state index in [0.717, 1.165) is 0 Å². The number of nitrogens with one attached hydrogen (secondary N) is 3. The van der Waals surface area contributed by atoms with Gasteiger partial charge >= 0.3 is 12.0 Å². The van der Waals surface area contributed by atoms with Gasteiger partial charge in [0.1, 0.15) is 6.04 Å². The minimum absolute atomic E-state index is 0.280. The molecule has 0 heterocycles. The molecule has 0 bridgehead atoms. The van der Waals surface area contributed by atoms with Crippen LogP contribution in [0.25, 0.3) is 0 Å². The fraction of sp³-hybridized carbons (Fsp3) is 0.238. The number of benzene rings is 2. The highest BCUT2D eigenvalue weighted by Gasteiger charge is 2.26. The van der Waals surface area contributed by atoms with Crippen molar-refractivity contribution in [1.29, 1.82) is 0 Å². The van der Waals surface area contributed by atoms with Gasteiger partial charge in [0, 0.05) is 11.3 Å². The van der Waals surface area contributed by atoms with Crippen molar-refractivity contribution in [2.45, 2.75) is 19.9 Å². The Bertz CT molecular complexity index is 853. The van der Waals surface area contributed by atoms with Crippen molar-refractivity contribution >= 4 is 29.5 Å². The molecule has 29 heavy (non-hydrogen) atoms. The average molecular weight is 397 g/mol. The highest BCUT2D eigenvalue weighted by atomic mass is 16.5. The Morgan fingerprint density at radius 1 is 0.897 bits per heavy atom. The maximum atomic E-state index is 12.3. The molecule has 0 saturated carbocycles. The summed E-state index contributed by atoms with van der Waals surface area (Å²) in [6.07, 6.45) is 0. The maximum Gasteiger partial charge on any atom is 0.329 e. The lowest BCUT2D eigenvalue weighted by Crippen LogP contribution is -2.47. The monoisotopic (exact) mass is 397 g/mol. The molecule has 8 nitrogen and oxygen atoms in total. The molecule has 8 heteroatoms. The molecule has 1 atom stereocenters. The zero-order valence-electron chi connectivity index (χ0n) is 16.2. The van der Waals surface area contributed by atoms with E-state index in [-0.39, 0.29) is 5.92 Å². The predicted octanol–water partition coefficient (Wildman–Crippen LogP) is 2.33. The Kier molecular flexibility index (Phi) is 7.90. The van der Waals surface area contributed by atoms with Gasteiger partial charge in [-0.1, -0.05) is 50.2 Å². The lowest BCUT2D eigenvalue weighted by Gasteiger charge is -2.21. The number of hydrogen-bond donors (Lipinski definition) is 3. The first-order valence-electron chi connectivity index (χ1n) is 9.05. The van der Waals surface area contributed by atoms with Gasteiger partial charge in [0.2, 0.25) is 0 Å². The first-order chi connectivity index (χ1) is 13.9. The number of ether oxygens (including phenoxy) is 1. The number of esters is 1. The van der Waals surface area contributed by atoms with E-state index in [1.807, 2.05) is 6.07 Å². The smallest absolute Gasteiger partial charge is 0.329 e. The fourth-order valence-corrected chi connectivity index (χ4v) is 2.38. The van der Waals surface area contributed by atoms with Crippen LogP contribution in [0.4, 0.5) is 10.5 Å². The van der Waals surface area contributed by atoms with Crippen molar-refractivity contribution in [2.24, 2.45) is 5.92 Å². The SMILES string of the molecule is CC(C)[C@@H](NC(=O)Nc1ccccc1)C(=O)OCC(=O)NC(=O)c1ccccc1. The second-order valence-electron chi connectivity index (χ2n) is 6.54. The molecular formula is C21H23N3O5. The van der Waals surface area contributed by atoms with Crippen molar-refractivity contribution in [3.63, 3.8) is 0 Å². The van der Waals surface area contributed by atoms with Gasteiger partial charge in [-0.15, -0.1) is 0 Å². The van der Waals surface area contributed by atoms with Crippen LogP contribution in [0.1, 0.15) is 24.2 Å². The Morgan fingerprint density at radius 2 is 1.48 bits per heavy atom. The number of hydrogen-bond acceptors (Lipinski definition) is 5. The standard InChI is InChI=1S/C21H23N3O5/c1-14(2)18(24-21(28)22-16-11-7-4-8-12-16)20(27)29-13-17(25)23-19(26)15-9-5-3-6-10-15/h3-12,14,18H,13H2,1-2H3,(H2,22,24,28)(H,23,25,26)/t18-/m1/s1. The molecule has 3 N–H and O–H groups in total. The number of imide groups is 1. The van der Waals surface area contributed by atoms with Crippen molar-refractivity contribution in [1.82, 2.24) is 10.6 Å². The van der Waals surface area contributed by atoms with E-state index in [2.05, 4.69) is 16.0 Å². The van der Waals surface area contributed by atoms with Gasteiger partial charge in [0.25, 0.3) is 11.8 Å². The molecule has 2 aromatic rings. The summed E-state index contributed by atoms with van der Waals surface area (Å²) >= 11 is 0. The van der Waals surface area contributed by atoms with Gasteiger partial charge in [-0.2, -0.15) is 0 Å². The van der Waals surface area contributed by atoms with Crippen molar-refractivity contribution < 1.29 is 23.9 Å². The van der Waals surface area contributed by atoms with Crippen LogP contribution in [0.2, 0.25) is 0 Å². The van der Waals surface area contributed by atoms with E-state index in [1.165, 1.54) is 0 Å². The fourth-order valence-electron chi connectivity index (χ4n) is 2.38. The van der Waals surface area contributed by atoms with E-state index >= 15 is 0 Å². The molecule has 4 amide bonds. The lowest BCUT2D eigenvalue weighted by molar-refractivity contribution is -0.151. The molecule has 0 unspecified atom stereocenters. The van der Waals surface area contributed by atoms with Crippen LogP contribution in [0, 0.1) is 5.92 Å². The Balaban J connectivity index is 1.84. The van der Waals surface area contributed by atoms with Crippen LogP contribution < -0.4 is 16.0 Å². The Morgan fingerprint density at radius 3 is 2.07 bits per heavy atom. The van der Waals surface area contributed by atoms with Crippen molar-refractivity contribution in [3.8, 4) is 0 Å². The quantitative estimate of drug-likeness (QED) is 0.621. The molecule has 0 aliphatic heterocycles. The highest BCUT2D eigenvalue weighted by Crippen LogP contribution is 2.07. The number of amides is 4. The summed E-state index contributed by atoms with van der Waals surface area (Å²) in [5.41, 5.74) is 0.881. The van der Waals surface area contributed by atoms with Gasteiger partial charge in [0.05, 0.1) is 0 Å². The Hall–Kier alpha value is -3.68. The van der Waals surface area contributed by atoms with E-state index in [1.54, 1.807) is 68.4 Å². The average Bonchev–Trinajstić information content (AvgIpc) is 2.71. The molecule has 0 radical (unpaired) electrons. The molecule has 0 aromatic heterocycles. The van der Waals surface area contributed by atoms with Crippen molar-refractivity contribution in [3.05, 3.63) is 66.2 Å². The third kappa shape index (κ3) is 7.10. The normalized spacial score (nSPS) is 11.3. The van der Waals surface area contributed by atoms with Gasteiger partial charge in [0.15, 0.2) is 6.61 Å². The third-order valence-electron chi connectivity index (χ3n) is 3.87. The lowest BCUT2D eigenvalue weighted by atomic mass is 10.1. The van der Waals surface area contributed by atoms with Crippen molar-refractivity contribution in [2.75, 3.05) is 11.9 Å². The molecule has 2 rings (SSSR count). The molecule has 152 valence electrons. The maximum absolute atomic E-state index is 12.3. The minimum atomic E-state index is -0.962. The zero-order chi connectivity index (χ0) is 21.2. The van der Waals surface area contributed by atoms with Gasteiger partial charge < -0.3 is 15.4 Å². The number of para-hydroxylation sites is 1. The van der Waals surface area contributed by atoms with Crippen LogP contribution in [0.5, 0.6) is 0 Å². The molecule has 0 fully saturated rings. The molecule has 0 aliphatic carbocycles. The Labute approximate surface area is 168 Å². The summed E-state index contributed by atoms with van der Waals surface area (Å²) in [5, 5.41) is 7.28. The van der Waals surface area contributed by atoms with Gasteiger partial charge in [-0.05, 0) is 30.2 Å². The summed E-state index contributed by atoms with van der Waals surface area (Å²) in [7, 11) is 0. The van der Waals surface area contributed by atoms with Crippen LogP contribution >= 0.6 is 0 Å². The number of anilines is 1. The van der Waals surface area contributed by atoms with Gasteiger partial charge in [-0.25, -0.2) is 9.59 Å². The summed E-state index contributed by atoms with van der Waals surface area (Å²) in [4.78, 5) is 48.2. The number of carbonyl (C=O) groups excluding carboxylic acids is 4. The molecule has 0 aliphatic rings. The zero-order valence-corrected chi connectivity index (χ0v) is 16.2. The molecule has 0 spiro atoms. The topological polar surface area (TPSA) is 114 Å². The van der Waals surface area contributed by atoms with Gasteiger partial charge in [-0.3, -0.25) is 14.9 Å². The highest BCUT2D eigenvalue weighted by molar-refractivity contribution is 6.05. The molecule has 2 aromatic carbocycles. The number of rotatable bonds is 7. The second kappa shape index (κ2) is 10.6. The largest absolute Gasteiger partial charge is 0.454 e. The van der Waals surface area contributed by atoms with E-state index in [0.29, 0.717) is 11.3 Å². The molecular weight excluding hydrogens is 374 g/mol. The summed E-state index contributed by atoms with van der Waals surface area (Å²) in [5.74, 6) is -2.40. The van der Waals surface area contributed by atoms with Crippen LogP contribution in [-0.4, -0.2) is 36.5 Å². The van der Waals surface area contributed by atoms with Crippen LogP contribution in [-0.2, 0) is 14.3 Å². The summed E-state index contributed by atoms with van der Waals surface area (Å²) in [6, 6.07) is 15.4. The van der Waals surface area contributed by atoms with E-state index in [4.69, 9.17) is 4.74 Å².